The Morgan fingerprint density at radius 3 is 2.70 bits per heavy atom. The number of benzene rings is 1. The Balaban J connectivity index is 1.59. The van der Waals surface area contributed by atoms with Crippen LogP contribution in [0, 0.1) is 13.8 Å². The highest BCUT2D eigenvalue weighted by Crippen LogP contribution is 2.27. The maximum Gasteiger partial charge on any atom is 0.294 e. The van der Waals surface area contributed by atoms with Crippen molar-refractivity contribution in [3.05, 3.63) is 51.5 Å². The number of nitrogens with zero attached hydrogens (tertiary/aromatic N) is 5. The van der Waals surface area contributed by atoms with Gasteiger partial charge in [0.15, 0.2) is 0 Å². The maximum absolute atomic E-state index is 13.2. The SMILES string of the molecule is Cc1cc(C)n2nc(C(=O)N3CCCCC3C(=O)Nc3ccc(Cl)cc3Cl)nc2n1. The molecule has 10 heteroatoms. The van der Waals surface area contributed by atoms with Gasteiger partial charge in [-0.05, 0) is 57.4 Å². The lowest BCUT2D eigenvalue weighted by Gasteiger charge is -2.34. The van der Waals surface area contributed by atoms with Crippen LogP contribution in [0.3, 0.4) is 0 Å². The van der Waals surface area contributed by atoms with Crippen molar-refractivity contribution in [2.75, 3.05) is 11.9 Å². The van der Waals surface area contributed by atoms with Gasteiger partial charge < -0.3 is 10.2 Å². The first-order chi connectivity index (χ1) is 14.3. The third-order valence-corrected chi connectivity index (χ3v) is 5.61. The van der Waals surface area contributed by atoms with Crippen LogP contribution in [0.25, 0.3) is 5.78 Å². The van der Waals surface area contributed by atoms with Gasteiger partial charge in [0, 0.05) is 23.0 Å². The number of hydrogen-bond donors (Lipinski definition) is 1. The molecule has 1 saturated heterocycles. The normalized spacial score (nSPS) is 16.7. The zero-order valence-corrected chi connectivity index (χ0v) is 18.0. The highest BCUT2D eigenvalue weighted by Gasteiger charge is 2.34. The fourth-order valence-corrected chi connectivity index (χ4v) is 4.10. The van der Waals surface area contributed by atoms with Gasteiger partial charge in [-0.25, -0.2) is 9.50 Å². The van der Waals surface area contributed by atoms with E-state index in [0.29, 0.717) is 34.5 Å². The molecule has 8 nitrogen and oxygen atoms in total. The monoisotopic (exact) mass is 446 g/mol. The molecule has 0 spiro atoms. The molecule has 2 amide bonds. The molecule has 1 N–H and O–H groups in total. The molecule has 2 aromatic heterocycles. The molecule has 0 aliphatic carbocycles. The van der Waals surface area contributed by atoms with E-state index in [4.69, 9.17) is 23.2 Å². The first-order valence-corrected chi connectivity index (χ1v) is 10.4. The number of carbonyl (C=O) groups excluding carboxylic acids is 2. The largest absolute Gasteiger partial charge is 0.324 e. The zero-order valence-electron chi connectivity index (χ0n) is 16.5. The van der Waals surface area contributed by atoms with Gasteiger partial charge in [0.05, 0.1) is 10.7 Å². The van der Waals surface area contributed by atoms with Gasteiger partial charge in [-0.2, -0.15) is 4.98 Å². The number of rotatable bonds is 3. The average molecular weight is 447 g/mol. The standard InChI is InChI=1S/C20H20Cl2N6O2/c1-11-9-12(2)28-20(23-11)25-17(26-28)19(30)27-8-4-3-5-16(27)18(29)24-15-7-6-13(21)10-14(15)22/h6-7,9-10,16H,3-5,8H2,1-2H3,(H,24,29). The van der Waals surface area contributed by atoms with Gasteiger partial charge in [-0.1, -0.05) is 23.2 Å². The maximum atomic E-state index is 13.2. The van der Waals surface area contributed by atoms with Gasteiger partial charge >= 0.3 is 0 Å². The number of aromatic nitrogens is 4. The topological polar surface area (TPSA) is 92.5 Å². The molecule has 1 unspecified atom stereocenters. The number of likely N-dealkylation sites (tertiary alicyclic amines) is 1. The number of amides is 2. The van der Waals surface area contributed by atoms with Gasteiger partial charge in [-0.15, -0.1) is 5.10 Å². The van der Waals surface area contributed by atoms with E-state index >= 15 is 0 Å². The van der Waals surface area contributed by atoms with E-state index in [9.17, 15) is 9.59 Å². The van der Waals surface area contributed by atoms with E-state index in [2.05, 4.69) is 20.4 Å². The zero-order chi connectivity index (χ0) is 21.4. The molecule has 0 bridgehead atoms. The number of fused-ring (bicyclic) bond motifs is 1. The molecule has 1 aliphatic rings. The molecular weight excluding hydrogens is 427 g/mol. The Hall–Kier alpha value is -2.71. The van der Waals surface area contributed by atoms with E-state index in [1.54, 1.807) is 18.2 Å². The van der Waals surface area contributed by atoms with Crippen molar-refractivity contribution >= 4 is 46.5 Å². The number of piperidine rings is 1. The average Bonchev–Trinajstić information content (AvgIpc) is 3.14. The number of aryl methyl sites for hydroxylation is 2. The summed E-state index contributed by atoms with van der Waals surface area (Å²) in [6.07, 6.45) is 2.20. The number of halogens is 2. The molecule has 0 saturated carbocycles. The summed E-state index contributed by atoms with van der Waals surface area (Å²) in [7, 11) is 0. The van der Waals surface area contributed by atoms with Crippen molar-refractivity contribution in [1.82, 2.24) is 24.5 Å². The van der Waals surface area contributed by atoms with Crippen molar-refractivity contribution in [3.63, 3.8) is 0 Å². The second kappa shape index (κ2) is 8.20. The quantitative estimate of drug-likeness (QED) is 0.662. The number of hydrogen-bond acceptors (Lipinski definition) is 5. The summed E-state index contributed by atoms with van der Waals surface area (Å²) in [6.45, 7) is 4.18. The summed E-state index contributed by atoms with van der Waals surface area (Å²) in [5.41, 5.74) is 2.07. The second-order valence-electron chi connectivity index (χ2n) is 7.31. The summed E-state index contributed by atoms with van der Waals surface area (Å²) in [6, 6.07) is 6.06. The second-order valence-corrected chi connectivity index (χ2v) is 8.15. The molecule has 0 radical (unpaired) electrons. The molecule has 1 atom stereocenters. The predicted molar refractivity (Wildman–Crippen MR) is 114 cm³/mol. The highest BCUT2D eigenvalue weighted by molar-refractivity contribution is 6.36. The third-order valence-electron chi connectivity index (χ3n) is 5.06. The minimum absolute atomic E-state index is 0.0282. The fraction of sp³-hybridized carbons (Fsp3) is 0.350. The van der Waals surface area contributed by atoms with Crippen molar-refractivity contribution in [3.8, 4) is 0 Å². The van der Waals surface area contributed by atoms with Crippen LogP contribution < -0.4 is 5.32 Å². The lowest BCUT2D eigenvalue weighted by atomic mass is 10.0. The van der Waals surface area contributed by atoms with Gasteiger partial charge in [0.1, 0.15) is 6.04 Å². The highest BCUT2D eigenvalue weighted by atomic mass is 35.5. The van der Waals surface area contributed by atoms with Crippen LogP contribution in [-0.2, 0) is 4.79 Å². The molecule has 4 rings (SSSR count). The van der Waals surface area contributed by atoms with E-state index in [0.717, 1.165) is 24.2 Å². The van der Waals surface area contributed by atoms with Gasteiger partial charge in [0.25, 0.3) is 11.7 Å². The molecule has 1 aromatic carbocycles. The van der Waals surface area contributed by atoms with Crippen LogP contribution in [0.2, 0.25) is 10.0 Å². The van der Waals surface area contributed by atoms with Crippen LogP contribution in [0.5, 0.6) is 0 Å². The molecule has 1 fully saturated rings. The van der Waals surface area contributed by atoms with Crippen molar-refractivity contribution in [1.29, 1.82) is 0 Å². The first kappa shape index (κ1) is 20.6. The Morgan fingerprint density at radius 2 is 1.93 bits per heavy atom. The van der Waals surface area contributed by atoms with E-state index in [1.807, 2.05) is 19.9 Å². The summed E-state index contributed by atoms with van der Waals surface area (Å²) in [5.74, 6) is -0.303. The van der Waals surface area contributed by atoms with Gasteiger partial charge in [0.2, 0.25) is 11.7 Å². The smallest absolute Gasteiger partial charge is 0.294 e. The lowest BCUT2D eigenvalue weighted by molar-refractivity contribution is -0.121. The van der Waals surface area contributed by atoms with Crippen molar-refractivity contribution in [2.24, 2.45) is 0 Å². The first-order valence-electron chi connectivity index (χ1n) is 9.61. The Labute approximate surface area is 183 Å². The van der Waals surface area contributed by atoms with E-state index in [1.165, 1.54) is 9.42 Å². The van der Waals surface area contributed by atoms with Crippen molar-refractivity contribution < 1.29 is 9.59 Å². The lowest BCUT2D eigenvalue weighted by Crippen LogP contribution is -2.50. The fourth-order valence-electron chi connectivity index (χ4n) is 3.64. The summed E-state index contributed by atoms with van der Waals surface area (Å²) in [5, 5.41) is 7.93. The van der Waals surface area contributed by atoms with E-state index < -0.39 is 6.04 Å². The molecule has 3 aromatic rings. The summed E-state index contributed by atoms with van der Waals surface area (Å²) < 4.78 is 1.53. The molecule has 1 aliphatic heterocycles. The number of nitrogens with one attached hydrogen (secondary N) is 1. The summed E-state index contributed by atoms with van der Waals surface area (Å²) in [4.78, 5) is 36.3. The number of carbonyl (C=O) groups is 2. The van der Waals surface area contributed by atoms with Crippen LogP contribution in [0.15, 0.2) is 24.3 Å². The Bertz CT molecular complexity index is 1150. The minimum Gasteiger partial charge on any atom is -0.324 e. The Morgan fingerprint density at radius 1 is 1.13 bits per heavy atom. The Kier molecular flexibility index (Phi) is 5.62. The number of anilines is 1. The van der Waals surface area contributed by atoms with Crippen LogP contribution in [0.4, 0.5) is 5.69 Å². The predicted octanol–water partition coefficient (Wildman–Crippen LogP) is 3.68. The van der Waals surface area contributed by atoms with Crippen LogP contribution in [0.1, 0.15) is 41.3 Å². The van der Waals surface area contributed by atoms with Crippen molar-refractivity contribution in [2.45, 2.75) is 39.2 Å². The van der Waals surface area contributed by atoms with Gasteiger partial charge in [-0.3, -0.25) is 9.59 Å². The van der Waals surface area contributed by atoms with E-state index in [-0.39, 0.29) is 17.6 Å². The minimum atomic E-state index is -0.639. The third kappa shape index (κ3) is 3.97. The van der Waals surface area contributed by atoms with Crippen LogP contribution >= 0.6 is 23.2 Å². The molecule has 156 valence electrons. The molecule has 3 heterocycles. The molecular formula is C20H20Cl2N6O2. The van der Waals surface area contributed by atoms with Crippen LogP contribution in [-0.4, -0.2) is 48.9 Å². The molecule has 30 heavy (non-hydrogen) atoms. The summed E-state index contributed by atoms with van der Waals surface area (Å²) >= 11 is 12.1.